The average molecular weight is 196 g/mol. The van der Waals surface area contributed by atoms with Gasteiger partial charge in [0.2, 0.25) is 0 Å². The Morgan fingerprint density at radius 3 is 2.43 bits per heavy atom. The molecule has 0 aliphatic heterocycles. The fraction of sp³-hybridized carbons (Fsp3) is 0.667. The van der Waals surface area contributed by atoms with Gasteiger partial charge in [-0.3, -0.25) is 0 Å². The van der Waals surface area contributed by atoms with Gasteiger partial charge in [0.15, 0.2) is 0 Å². The quantitative estimate of drug-likeness (QED) is 0.673. The van der Waals surface area contributed by atoms with Crippen molar-refractivity contribution < 1.29 is 10.2 Å². The molecule has 2 atom stereocenters. The van der Waals surface area contributed by atoms with Crippen LogP contribution in [-0.2, 0) is 0 Å². The Morgan fingerprint density at radius 2 is 1.93 bits per heavy atom. The maximum atomic E-state index is 9.73. The molecule has 0 fully saturated rings. The van der Waals surface area contributed by atoms with Crippen LogP contribution in [-0.4, -0.2) is 22.4 Å². The van der Waals surface area contributed by atoms with Gasteiger partial charge in [-0.2, -0.15) is 0 Å². The first kappa shape index (κ1) is 11.5. The highest BCUT2D eigenvalue weighted by molar-refractivity contribution is 5.35. The molecule has 1 aliphatic rings. The van der Waals surface area contributed by atoms with Crippen LogP contribution in [0.5, 0.6) is 0 Å². The first-order chi connectivity index (χ1) is 6.40. The van der Waals surface area contributed by atoms with Crippen LogP contribution in [0.4, 0.5) is 0 Å². The van der Waals surface area contributed by atoms with E-state index in [1.807, 2.05) is 26.0 Å². The molecule has 0 saturated carbocycles. The summed E-state index contributed by atoms with van der Waals surface area (Å²) >= 11 is 0. The van der Waals surface area contributed by atoms with Gasteiger partial charge in [-0.05, 0) is 36.8 Å². The van der Waals surface area contributed by atoms with Crippen molar-refractivity contribution in [3.05, 3.63) is 23.3 Å². The molecule has 0 aromatic carbocycles. The molecule has 0 bridgehead atoms. The van der Waals surface area contributed by atoms with Gasteiger partial charge in [-0.1, -0.05) is 26.0 Å². The SMILES string of the molecule is CC=CC1=C(C)C(O)C(O)CC1(C)C. The van der Waals surface area contributed by atoms with E-state index in [4.69, 9.17) is 0 Å². The van der Waals surface area contributed by atoms with E-state index in [2.05, 4.69) is 13.8 Å². The van der Waals surface area contributed by atoms with Crippen molar-refractivity contribution in [3.8, 4) is 0 Å². The lowest BCUT2D eigenvalue weighted by atomic mass is 9.70. The minimum Gasteiger partial charge on any atom is -0.390 e. The third-order valence-corrected chi connectivity index (χ3v) is 3.01. The predicted molar refractivity (Wildman–Crippen MR) is 57.9 cm³/mol. The summed E-state index contributed by atoms with van der Waals surface area (Å²) in [5.74, 6) is 0. The van der Waals surface area contributed by atoms with E-state index in [0.29, 0.717) is 6.42 Å². The molecule has 0 saturated heterocycles. The van der Waals surface area contributed by atoms with E-state index >= 15 is 0 Å². The Kier molecular flexibility index (Phi) is 3.17. The smallest absolute Gasteiger partial charge is 0.101 e. The minimum absolute atomic E-state index is 0.0464. The lowest BCUT2D eigenvalue weighted by molar-refractivity contribution is 0.00686. The predicted octanol–water partition coefficient (Wildman–Crippen LogP) is 2.03. The highest BCUT2D eigenvalue weighted by Gasteiger charge is 2.36. The summed E-state index contributed by atoms with van der Waals surface area (Å²) in [5, 5.41) is 19.4. The molecule has 0 amide bonds. The van der Waals surface area contributed by atoms with Crippen LogP contribution in [0.15, 0.2) is 23.3 Å². The van der Waals surface area contributed by atoms with E-state index in [0.717, 1.165) is 11.1 Å². The van der Waals surface area contributed by atoms with Crippen LogP contribution in [0.3, 0.4) is 0 Å². The number of aliphatic hydroxyl groups is 2. The normalized spacial score (nSPS) is 32.7. The molecule has 2 unspecified atom stereocenters. The van der Waals surface area contributed by atoms with E-state index in [-0.39, 0.29) is 5.41 Å². The highest BCUT2D eigenvalue weighted by Crippen LogP contribution is 2.40. The molecular weight excluding hydrogens is 176 g/mol. The van der Waals surface area contributed by atoms with Crippen molar-refractivity contribution in [1.82, 2.24) is 0 Å². The summed E-state index contributed by atoms with van der Waals surface area (Å²) in [6, 6.07) is 0. The highest BCUT2D eigenvalue weighted by atomic mass is 16.3. The average Bonchev–Trinajstić information content (AvgIpc) is 2.08. The Labute approximate surface area is 86.0 Å². The largest absolute Gasteiger partial charge is 0.390 e. The summed E-state index contributed by atoms with van der Waals surface area (Å²) in [7, 11) is 0. The third-order valence-electron chi connectivity index (χ3n) is 3.01. The topological polar surface area (TPSA) is 40.5 Å². The van der Waals surface area contributed by atoms with Crippen molar-refractivity contribution in [1.29, 1.82) is 0 Å². The van der Waals surface area contributed by atoms with Gasteiger partial charge in [0, 0.05) is 0 Å². The number of allylic oxidation sites excluding steroid dienone is 3. The number of rotatable bonds is 1. The molecule has 0 aromatic heterocycles. The molecule has 2 nitrogen and oxygen atoms in total. The second kappa shape index (κ2) is 3.87. The number of hydrogen-bond acceptors (Lipinski definition) is 2. The van der Waals surface area contributed by atoms with E-state index in [1.54, 1.807) is 0 Å². The molecular formula is C12H20O2. The van der Waals surface area contributed by atoms with Crippen LogP contribution in [0, 0.1) is 5.41 Å². The van der Waals surface area contributed by atoms with Crippen molar-refractivity contribution in [3.63, 3.8) is 0 Å². The molecule has 14 heavy (non-hydrogen) atoms. The van der Waals surface area contributed by atoms with E-state index < -0.39 is 12.2 Å². The zero-order valence-electron chi connectivity index (χ0n) is 9.41. The molecule has 0 aromatic rings. The molecule has 1 aliphatic carbocycles. The summed E-state index contributed by atoms with van der Waals surface area (Å²) < 4.78 is 0. The van der Waals surface area contributed by atoms with Crippen molar-refractivity contribution in [2.75, 3.05) is 0 Å². The van der Waals surface area contributed by atoms with Gasteiger partial charge in [-0.15, -0.1) is 0 Å². The molecule has 1 rings (SSSR count). The first-order valence-electron chi connectivity index (χ1n) is 5.10. The number of aliphatic hydroxyl groups excluding tert-OH is 2. The van der Waals surface area contributed by atoms with Gasteiger partial charge < -0.3 is 10.2 Å². The first-order valence-corrected chi connectivity index (χ1v) is 5.10. The minimum atomic E-state index is -0.700. The standard InChI is InChI=1S/C12H20O2/c1-5-6-9-8(2)11(14)10(13)7-12(9,3)4/h5-6,10-11,13-14H,7H2,1-4H3. The summed E-state index contributed by atoms with van der Waals surface area (Å²) in [6.07, 6.45) is 3.30. The fourth-order valence-electron chi connectivity index (χ4n) is 2.25. The fourth-order valence-corrected chi connectivity index (χ4v) is 2.25. The van der Waals surface area contributed by atoms with Crippen LogP contribution < -0.4 is 0 Å². The zero-order chi connectivity index (χ0) is 10.9. The van der Waals surface area contributed by atoms with Gasteiger partial charge in [0.25, 0.3) is 0 Å². The second-order valence-electron chi connectivity index (χ2n) is 4.70. The maximum Gasteiger partial charge on any atom is 0.101 e. The molecule has 2 heteroatoms. The Hall–Kier alpha value is -0.600. The summed E-state index contributed by atoms with van der Waals surface area (Å²) in [4.78, 5) is 0. The Balaban J connectivity index is 3.16. The van der Waals surface area contributed by atoms with Crippen molar-refractivity contribution in [2.45, 2.75) is 46.3 Å². The van der Waals surface area contributed by atoms with Crippen LogP contribution in [0.2, 0.25) is 0 Å². The van der Waals surface area contributed by atoms with Gasteiger partial charge in [0.1, 0.15) is 6.10 Å². The molecule has 80 valence electrons. The third kappa shape index (κ3) is 1.91. The van der Waals surface area contributed by atoms with E-state index in [1.165, 1.54) is 0 Å². The monoisotopic (exact) mass is 196 g/mol. The van der Waals surface area contributed by atoms with Crippen LogP contribution in [0.25, 0.3) is 0 Å². The summed E-state index contributed by atoms with van der Waals surface area (Å²) in [6.45, 7) is 8.06. The lowest BCUT2D eigenvalue weighted by Gasteiger charge is -2.38. The number of hydrogen-bond donors (Lipinski definition) is 2. The van der Waals surface area contributed by atoms with Gasteiger partial charge >= 0.3 is 0 Å². The molecule has 0 spiro atoms. The Morgan fingerprint density at radius 1 is 1.36 bits per heavy atom. The van der Waals surface area contributed by atoms with Crippen molar-refractivity contribution >= 4 is 0 Å². The zero-order valence-corrected chi connectivity index (χ0v) is 9.41. The lowest BCUT2D eigenvalue weighted by Crippen LogP contribution is -2.38. The molecule has 0 radical (unpaired) electrons. The van der Waals surface area contributed by atoms with Crippen molar-refractivity contribution in [2.24, 2.45) is 5.41 Å². The van der Waals surface area contributed by atoms with Crippen LogP contribution >= 0.6 is 0 Å². The summed E-state index contributed by atoms with van der Waals surface area (Å²) in [5.41, 5.74) is 2.00. The maximum absolute atomic E-state index is 9.73. The molecule has 0 heterocycles. The Bertz CT molecular complexity index is 274. The van der Waals surface area contributed by atoms with Crippen LogP contribution in [0.1, 0.15) is 34.1 Å². The second-order valence-corrected chi connectivity index (χ2v) is 4.70. The van der Waals surface area contributed by atoms with Gasteiger partial charge in [-0.25, -0.2) is 0 Å². The van der Waals surface area contributed by atoms with E-state index in [9.17, 15) is 10.2 Å². The molecule has 2 N–H and O–H groups in total. The van der Waals surface area contributed by atoms with Gasteiger partial charge in [0.05, 0.1) is 6.10 Å².